The van der Waals surface area contributed by atoms with E-state index in [-0.39, 0.29) is 0 Å². The smallest absolute Gasteiger partial charge is 0.129 e. The van der Waals surface area contributed by atoms with Gasteiger partial charge in [-0.05, 0) is 18.2 Å². The lowest BCUT2D eigenvalue weighted by Crippen LogP contribution is -1.90. The Labute approximate surface area is 110 Å². The van der Waals surface area contributed by atoms with Gasteiger partial charge in [0.15, 0.2) is 0 Å². The molecule has 1 aromatic carbocycles. The maximum absolute atomic E-state index is 8.58. The van der Waals surface area contributed by atoms with E-state index in [1.807, 2.05) is 30.3 Å². The first-order valence-electron chi connectivity index (χ1n) is 5.19. The maximum Gasteiger partial charge on any atom is 0.129 e. The normalized spacial score (nSPS) is 10.1. The van der Waals surface area contributed by atoms with Crippen LogP contribution >= 0.6 is 11.6 Å². The molecule has 4 heteroatoms. The van der Waals surface area contributed by atoms with Gasteiger partial charge in [0.25, 0.3) is 0 Å². The fourth-order valence-electron chi connectivity index (χ4n) is 1.38. The van der Waals surface area contributed by atoms with Crippen LogP contribution in [-0.4, -0.2) is 16.4 Å². The van der Waals surface area contributed by atoms with Crippen molar-refractivity contribution < 1.29 is 5.21 Å². The van der Waals surface area contributed by atoms with E-state index >= 15 is 0 Å². The summed E-state index contributed by atoms with van der Waals surface area (Å²) in [5, 5.41) is 11.9. The van der Waals surface area contributed by atoms with Crippen molar-refractivity contribution in [1.82, 2.24) is 4.98 Å². The minimum atomic E-state index is 0.329. The predicted octanol–water partition coefficient (Wildman–Crippen LogP) is 2.94. The summed E-state index contributed by atoms with van der Waals surface area (Å²) < 4.78 is 0. The maximum atomic E-state index is 8.58. The summed E-state index contributed by atoms with van der Waals surface area (Å²) in [7, 11) is 0. The number of rotatable bonds is 1. The van der Waals surface area contributed by atoms with E-state index in [0.29, 0.717) is 16.3 Å². The number of nitrogens with zero attached hydrogens (tertiary/aromatic N) is 2. The molecule has 0 atom stereocenters. The quantitative estimate of drug-likeness (QED) is 0.280. The van der Waals surface area contributed by atoms with E-state index in [0.717, 1.165) is 5.56 Å². The summed E-state index contributed by atoms with van der Waals surface area (Å²) in [6, 6.07) is 11.2. The second-order valence-electron chi connectivity index (χ2n) is 3.45. The van der Waals surface area contributed by atoms with E-state index in [1.54, 1.807) is 12.3 Å². The van der Waals surface area contributed by atoms with E-state index < -0.39 is 0 Å². The van der Waals surface area contributed by atoms with Crippen molar-refractivity contribution >= 4 is 17.8 Å². The molecule has 3 nitrogen and oxygen atoms in total. The Bertz CT molecular complexity index is 627. The average Bonchev–Trinajstić information content (AvgIpc) is 2.39. The van der Waals surface area contributed by atoms with Gasteiger partial charge in [0, 0.05) is 17.3 Å². The summed E-state index contributed by atoms with van der Waals surface area (Å²) in [5.41, 5.74) is 2.18. The molecule has 0 saturated heterocycles. The number of oxime groups is 1. The molecule has 1 aromatic heterocycles. The molecule has 0 bridgehead atoms. The lowest BCUT2D eigenvalue weighted by atomic mass is 10.1. The van der Waals surface area contributed by atoms with Crippen LogP contribution < -0.4 is 0 Å². The zero-order chi connectivity index (χ0) is 12.8. The third-order valence-corrected chi connectivity index (χ3v) is 2.42. The molecule has 1 heterocycles. The molecule has 88 valence electrons. The highest BCUT2D eigenvalue weighted by Gasteiger charge is 2.00. The summed E-state index contributed by atoms with van der Waals surface area (Å²) in [5.74, 6) is 5.97. The van der Waals surface area contributed by atoms with Crippen LogP contribution in [0.25, 0.3) is 0 Å². The Hall–Kier alpha value is -2.31. The van der Waals surface area contributed by atoms with Crippen LogP contribution in [0.5, 0.6) is 0 Å². The van der Waals surface area contributed by atoms with Crippen LogP contribution in [0.2, 0.25) is 5.15 Å². The molecule has 2 aromatic rings. The number of benzene rings is 1. The van der Waals surface area contributed by atoms with Crippen molar-refractivity contribution in [3.63, 3.8) is 0 Å². The topological polar surface area (TPSA) is 45.5 Å². The Morgan fingerprint density at radius 3 is 2.72 bits per heavy atom. The molecule has 0 spiro atoms. The van der Waals surface area contributed by atoms with Gasteiger partial charge in [-0.3, -0.25) is 0 Å². The fourth-order valence-corrected chi connectivity index (χ4v) is 1.54. The highest BCUT2D eigenvalue weighted by Crippen LogP contribution is 2.10. The molecule has 18 heavy (non-hydrogen) atoms. The van der Waals surface area contributed by atoms with Crippen LogP contribution in [0.3, 0.4) is 0 Å². The van der Waals surface area contributed by atoms with E-state index in [1.165, 1.54) is 6.21 Å². The first-order valence-corrected chi connectivity index (χ1v) is 5.57. The van der Waals surface area contributed by atoms with E-state index in [2.05, 4.69) is 22.0 Å². The van der Waals surface area contributed by atoms with Gasteiger partial charge in [-0.2, -0.15) is 0 Å². The van der Waals surface area contributed by atoms with Gasteiger partial charge in [0.1, 0.15) is 5.15 Å². The standard InChI is InChI=1S/C14H9ClN2O/c15-14-8-13(10-17-18)12(9-16-14)7-6-11-4-2-1-3-5-11/h1-5,8-10,18H/b17-10-. The van der Waals surface area contributed by atoms with Gasteiger partial charge in [-0.1, -0.05) is 46.8 Å². The van der Waals surface area contributed by atoms with Gasteiger partial charge in [0.05, 0.1) is 11.8 Å². The Balaban J connectivity index is 2.38. The SMILES string of the molecule is O/N=C\c1cc(Cl)ncc1C#Cc1ccccc1. The molecule has 0 amide bonds. The Morgan fingerprint density at radius 2 is 2.00 bits per heavy atom. The second-order valence-corrected chi connectivity index (χ2v) is 3.84. The number of pyridine rings is 1. The molecule has 2 rings (SSSR count). The van der Waals surface area contributed by atoms with Gasteiger partial charge in [-0.15, -0.1) is 0 Å². The molecule has 0 radical (unpaired) electrons. The highest BCUT2D eigenvalue weighted by molar-refractivity contribution is 6.29. The largest absolute Gasteiger partial charge is 0.411 e. The van der Waals surface area contributed by atoms with Crippen molar-refractivity contribution in [2.24, 2.45) is 5.16 Å². The minimum Gasteiger partial charge on any atom is -0.411 e. The minimum absolute atomic E-state index is 0.329. The molecule has 0 saturated carbocycles. The molecular weight excluding hydrogens is 248 g/mol. The van der Waals surface area contributed by atoms with Gasteiger partial charge in [-0.25, -0.2) is 4.98 Å². The first-order chi connectivity index (χ1) is 8.79. The average molecular weight is 257 g/mol. The fraction of sp³-hybridized carbons (Fsp3) is 0. The third kappa shape index (κ3) is 3.09. The third-order valence-electron chi connectivity index (χ3n) is 2.21. The molecule has 1 N–H and O–H groups in total. The van der Waals surface area contributed by atoms with Crippen LogP contribution in [0.1, 0.15) is 16.7 Å². The van der Waals surface area contributed by atoms with Crippen LogP contribution in [0.4, 0.5) is 0 Å². The number of aromatic nitrogens is 1. The molecular formula is C14H9ClN2O. The molecule has 0 aliphatic rings. The number of hydrogen-bond acceptors (Lipinski definition) is 3. The van der Waals surface area contributed by atoms with Gasteiger partial charge < -0.3 is 5.21 Å². The van der Waals surface area contributed by atoms with E-state index in [9.17, 15) is 0 Å². The Kier molecular flexibility index (Phi) is 3.95. The highest BCUT2D eigenvalue weighted by atomic mass is 35.5. The van der Waals surface area contributed by atoms with E-state index in [4.69, 9.17) is 16.8 Å². The lowest BCUT2D eigenvalue weighted by Gasteiger charge is -1.97. The van der Waals surface area contributed by atoms with Gasteiger partial charge >= 0.3 is 0 Å². The van der Waals surface area contributed by atoms with Crippen LogP contribution in [-0.2, 0) is 0 Å². The summed E-state index contributed by atoms with van der Waals surface area (Å²) in [6.07, 6.45) is 2.83. The summed E-state index contributed by atoms with van der Waals surface area (Å²) in [4.78, 5) is 3.95. The molecule has 0 fully saturated rings. The summed E-state index contributed by atoms with van der Waals surface area (Å²) in [6.45, 7) is 0. The molecule has 0 unspecified atom stereocenters. The summed E-state index contributed by atoms with van der Waals surface area (Å²) >= 11 is 5.77. The molecule has 0 aliphatic carbocycles. The number of hydrogen-bond donors (Lipinski definition) is 1. The Morgan fingerprint density at radius 1 is 1.22 bits per heavy atom. The van der Waals surface area contributed by atoms with Crippen molar-refractivity contribution in [2.45, 2.75) is 0 Å². The molecule has 0 aliphatic heterocycles. The van der Waals surface area contributed by atoms with Crippen molar-refractivity contribution in [2.75, 3.05) is 0 Å². The van der Waals surface area contributed by atoms with Crippen molar-refractivity contribution in [1.29, 1.82) is 0 Å². The number of halogens is 1. The van der Waals surface area contributed by atoms with Crippen LogP contribution in [0, 0.1) is 11.8 Å². The monoisotopic (exact) mass is 256 g/mol. The van der Waals surface area contributed by atoms with Gasteiger partial charge in [0.2, 0.25) is 0 Å². The van der Waals surface area contributed by atoms with Crippen molar-refractivity contribution in [3.05, 3.63) is 64.4 Å². The first kappa shape index (κ1) is 12.2. The van der Waals surface area contributed by atoms with Crippen LogP contribution in [0.15, 0.2) is 47.8 Å². The predicted molar refractivity (Wildman–Crippen MR) is 71.0 cm³/mol. The lowest BCUT2D eigenvalue weighted by molar-refractivity contribution is 0.322. The van der Waals surface area contributed by atoms with Crippen molar-refractivity contribution in [3.8, 4) is 11.8 Å². The zero-order valence-corrected chi connectivity index (χ0v) is 10.1. The zero-order valence-electron chi connectivity index (χ0n) is 9.34. The second kappa shape index (κ2) is 5.85.